The van der Waals surface area contributed by atoms with Crippen molar-refractivity contribution in [3.63, 3.8) is 0 Å². The van der Waals surface area contributed by atoms with Crippen molar-refractivity contribution in [1.82, 2.24) is 10.2 Å². The number of β-amino-alcohol motifs (C(OH)–C–C–N with tert-alkyl or cyclic N) is 1. The van der Waals surface area contributed by atoms with Crippen molar-refractivity contribution in [3.05, 3.63) is 0 Å². The Balaban J connectivity index is 1.78. The smallest absolute Gasteiger partial charge is 0.0684 e. The molecule has 0 radical (unpaired) electrons. The first kappa shape index (κ1) is 14.8. The molecule has 2 aliphatic rings. The van der Waals surface area contributed by atoms with Gasteiger partial charge in [-0.15, -0.1) is 0 Å². The van der Waals surface area contributed by atoms with Gasteiger partial charge in [-0.3, -0.25) is 4.90 Å². The van der Waals surface area contributed by atoms with Gasteiger partial charge >= 0.3 is 0 Å². The molecule has 19 heavy (non-hydrogen) atoms. The van der Waals surface area contributed by atoms with E-state index in [1.165, 1.54) is 19.3 Å². The van der Waals surface area contributed by atoms with Gasteiger partial charge in [0.05, 0.1) is 17.6 Å². The first-order chi connectivity index (χ1) is 9.02. The number of nitrogens with one attached hydrogen (secondary N) is 1. The Morgan fingerprint density at radius 2 is 2.16 bits per heavy atom. The fourth-order valence-electron chi connectivity index (χ4n) is 3.31. The molecule has 1 saturated carbocycles. The van der Waals surface area contributed by atoms with Gasteiger partial charge in [0.2, 0.25) is 0 Å². The summed E-state index contributed by atoms with van der Waals surface area (Å²) < 4.78 is 0. The zero-order chi connectivity index (χ0) is 13.9. The summed E-state index contributed by atoms with van der Waals surface area (Å²) in [6.45, 7) is 6.79. The highest BCUT2D eigenvalue weighted by Gasteiger charge is 2.35. The van der Waals surface area contributed by atoms with Crippen LogP contribution in [0.4, 0.5) is 0 Å². The number of hydrogen-bond acceptors (Lipinski definition) is 4. The van der Waals surface area contributed by atoms with Gasteiger partial charge < -0.3 is 10.4 Å². The van der Waals surface area contributed by atoms with Gasteiger partial charge in [-0.05, 0) is 46.1 Å². The highest BCUT2D eigenvalue weighted by atomic mass is 16.3. The molecule has 4 nitrogen and oxygen atoms in total. The highest BCUT2D eigenvalue weighted by Crippen LogP contribution is 2.27. The second kappa shape index (κ2) is 6.21. The van der Waals surface area contributed by atoms with E-state index in [4.69, 9.17) is 5.26 Å². The van der Waals surface area contributed by atoms with E-state index in [0.29, 0.717) is 12.1 Å². The lowest BCUT2D eigenvalue weighted by atomic mass is 9.91. The van der Waals surface area contributed by atoms with Crippen molar-refractivity contribution < 1.29 is 5.11 Å². The Labute approximate surface area is 116 Å². The number of rotatable bonds is 5. The van der Waals surface area contributed by atoms with Crippen LogP contribution in [0.5, 0.6) is 0 Å². The van der Waals surface area contributed by atoms with Crippen molar-refractivity contribution in [2.45, 2.75) is 64.1 Å². The standard InChI is InChI=1S/C15H27N3O/c1-15(2,11-16)7-8-17-13-4-3-5-14(13)18-9-6-12(19)10-18/h12-14,17,19H,3-10H2,1-2H3/t12?,13-,14+/m1/s1. The van der Waals surface area contributed by atoms with Crippen molar-refractivity contribution in [2.24, 2.45) is 5.41 Å². The zero-order valence-corrected chi connectivity index (χ0v) is 12.2. The predicted octanol–water partition coefficient (Wildman–Crippen LogP) is 1.50. The fourth-order valence-corrected chi connectivity index (χ4v) is 3.31. The summed E-state index contributed by atoms with van der Waals surface area (Å²) in [5.74, 6) is 0. The SMILES string of the molecule is CC(C)(C#N)CCN[C@@H]1CCC[C@@H]1N1CCC(O)C1. The molecule has 1 unspecified atom stereocenters. The Morgan fingerprint density at radius 3 is 2.79 bits per heavy atom. The summed E-state index contributed by atoms with van der Waals surface area (Å²) in [5, 5.41) is 22.3. The fraction of sp³-hybridized carbons (Fsp3) is 0.933. The minimum atomic E-state index is -0.231. The van der Waals surface area contributed by atoms with Gasteiger partial charge in [-0.2, -0.15) is 5.26 Å². The van der Waals surface area contributed by atoms with Gasteiger partial charge in [-0.25, -0.2) is 0 Å². The van der Waals surface area contributed by atoms with Gasteiger partial charge in [0.1, 0.15) is 0 Å². The Hall–Kier alpha value is -0.630. The monoisotopic (exact) mass is 265 g/mol. The van der Waals surface area contributed by atoms with E-state index in [2.05, 4.69) is 16.3 Å². The second-order valence-electron chi connectivity index (χ2n) is 6.74. The first-order valence-electron chi connectivity index (χ1n) is 7.58. The number of aliphatic hydroxyl groups is 1. The summed E-state index contributed by atoms with van der Waals surface area (Å²) in [6, 6.07) is 3.48. The lowest BCUT2D eigenvalue weighted by Gasteiger charge is -2.30. The molecule has 4 heteroatoms. The molecule has 2 rings (SSSR count). The molecular formula is C15H27N3O. The van der Waals surface area contributed by atoms with Gasteiger partial charge in [0, 0.05) is 25.2 Å². The van der Waals surface area contributed by atoms with E-state index in [1.54, 1.807) is 0 Å². The molecule has 1 aliphatic carbocycles. The summed E-state index contributed by atoms with van der Waals surface area (Å²) >= 11 is 0. The van der Waals surface area contributed by atoms with Crippen LogP contribution in [0, 0.1) is 16.7 Å². The number of nitriles is 1. The molecule has 0 aromatic heterocycles. The lowest BCUT2D eigenvalue weighted by Crippen LogP contribution is -2.46. The maximum atomic E-state index is 9.66. The maximum absolute atomic E-state index is 9.66. The average Bonchev–Trinajstić information content (AvgIpc) is 2.97. The third kappa shape index (κ3) is 3.92. The molecule has 1 heterocycles. The Morgan fingerprint density at radius 1 is 1.37 bits per heavy atom. The highest BCUT2D eigenvalue weighted by molar-refractivity contribution is 4.95. The second-order valence-corrected chi connectivity index (χ2v) is 6.74. The van der Waals surface area contributed by atoms with Crippen LogP contribution in [0.1, 0.15) is 46.0 Å². The number of aliphatic hydroxyl groups excluding tert-OH is 1. The van der Waals surface area contributed by atoms with E-state index in [0.717, 1.165) is 32.5 Å². The number of nitrogens with zero attached hydrogens (tertiary/aromatic N) is 2. The average molecular weight is 265 g/mol. The van der Waals surface area contributed by atoms with E-state index in [-0.39, 0.29) is 11.5 Å². The molecular weight excluding hydrogens is 238 g/mol. The molecule has 0 bridgehead atoms. The van der Waals surface area contributed by atoms with Crippen molar-refractivity contribution in [2.75, 3.05) is 19.6 Å². The maximum Gasteiger partial charge on any atom is 0.0684 e. The topological polar surface area (TPSA) is 59.3 Å². The summed E-state index contributed by atoms with van der Waals surface area (Å²) in [7, 11) is 0. The molecule has 1 saturated heterocycles. The zero-order valence-electron chi connectivity index (χ0n) is 12.2. The molecule has 108 valence electrons. The van der Waals surface area contributed by atoms with Crippen LogP contribution < -0.4 is 5.32 Å². The van der Waals surface area contributed by atoms with Gasteiger partial charge in [0.15, 0.2) is 0 Å². The molecule has 0 aromatic rings. The van der Waals surface area contributed by atoms with Crippen LogP contribution in [-0.2, 0) is 0 Å². The summed E-state index contributed by atoms with van der Waals surface area (Å²) in [4.78, 5) is 2.45. The molecule has 3 atom stereocenters. The Bertz CT molecular complexity index is 337. The molecule has 2 N–H and O–H groups in total. The van der Waals surface area contributed by atoms with Crippen molar-refractivity contribution in [1.29, 1.82) is 5.26 Å². The minimum absolute atomic E-state index is 0.126. The van der Waals surface area contributed by atoms with Crippen LogP contribution in [0.25, 0.3) is 0 Å². The molecule has 1 aliphatic heterocycles. The number of hydrogen-bond donors (Lipinski definition) is 2. The van der Waals surface area contributed by atoms with Crippen LogP contribution in [0.2, 0.25) is 0 Å². The van der Waals surface area contributed by atoms with Gasteiger partial charge in [-0.1, -0.05) is 6.42 Å². The van der Waals surface area contributed by atoms with E-state index in [9.17, 15) is 5.11 Å². The molecule has 0 spiro atoms. The van der Waals surface area contributed by atoms with E-state index in [1.807, 2.05) is 13.8 Å². The minimum Gasteiger partial charge on any atom is -0.392 e. The molecule has 0 aromatic carbocycles. The molecule has 2 fully saturated rings. The quantitative estimate of drug-likeness (QED) is 0.791. The first-order valence-corrected chi connectivity index (χ1v) is 7.58. The predicted molar refractivity (Wildman–Crippen MR) is 75.6 cm³/mol. The van der Waals surface area contributed by atoms with Crippen LogP contribution >= 0.6 is 0 Å². The Kier molecular flexibility index (Phi) is 4.83. The van der Waals surface area contributed by atoms with Crippen LogP contribution in [0.3, 0.4) is 0 Å². The normalized spacial score (nSPS) is 32.6. The van der Waals surface area contributed by atoms with Crippen LogP contribution in [-0.4, -0.2) is 47.8 Å². The van der Waals surface area contributed by atoms with Crippen molar-refractivity contribution in [3.8, 4) is 6.07 Å². The molecule has 0 amide bonds. The summed E-state index contributed by atoms with van der Waals surface area (Å²) in [6.07, 6.45) is 5.44. The third-order valence-electron chi connectivity index (χ3n) is 4.60. The number of likely N-dealkylation sites (tertiary alicyclic amines) is 1. The van der Waals surface area contributed by atoms with Crippen LogP contribution in [0.15, 0.2) is 0 Å². The van der Waals surface area contributed by atoms with Gasteiger partial charge in [0.25, 0.3) is 0 Å². The lowest BCUT2D eigenvalue weighted by molar-refractivity contribution is 0.149. The van der Waals surface area contributed by atoms with Crippen molar-refractivity contribution >= 4 is 0 Å². The largest absolute Gasteiger partial charge is 0.392 e. The summed E-state index contributed by atoms with van der Waals surface area (Å²) in [5.41, 5.74) is -0.231. The third-order valence-corrected chi connectivity index (χ3v) is 4.60. The van der Waals surface area contributed by atoms with E-state index < -0.39 is 0 Å². The van der Waals surface area contributed by atoms with E-state index >= 15 is 0 Å².